The van der Waals surface area contributed by atoms with E-state index in [4.69, 9.17) is 32.7 Å². The molecule has 9 heteroatoms. The Bertz CT molecular complexity index is 1180. The fourth-order valence-electron chi connectivity index (χ4n) is 2.74. The minimum absolute atomic E-state index is 0.0677. The molecule has 1 amide bonds. The molecule has 0 atom stereocenters. The number of rotatable bonds is 7. The molecule has 3 rings (SSSR count). The second-order valence-corrected chi connectivity index (χ2v) is 8.24. The molecule has 1 heterocycles. The van der Waals surface area contributed by atoms with Gasteiger partial charge in [-0.15, -0.1) is 11.3 Å². The van der Waals surface area contributed by atoms with E-state index in [1.807, 2.05) is 6.07 Å². The van der Waals surface area contributed by atoms with Gasteiger partial charge >= 0.3 is 0 Å². The Balaban J connectivity index is 1.74. The average molecular weight is 474 g/mol. The highest BCUT2D eigenvalue weighted by Crippen LogP contribution is 2.29. The number of aromatic nitrogens is 1. The van der Waals surface area contributed by atoms with Crippen LogP contribution in [0.4, 0.5) is 5.13 Å². The summed E-state index contributed by atoms with van der Waals surface area (Å²) in [5, 5.41) is 13.7. The van der Waals surface area contributed by atoms with Crippen molar-refractivity contribution in [3.63, 3.8) is 0 Å². The smallest absolute Gasteiger partial charge is 0.268 e. The van der Waals surface area contributed by atoms with Crippen molar-refractivity contribution in [2.75, 3.05) is 19.5 Å². The van der Waals surface area contributed by atoms with Gasteiger partial charge in [0.2, 0.25) is 0 Å². The number of nitrogens with zero attached hydrogens (tertiary/aromatic N) is 2. The van der Waals surface area contributed by atoms with E-state index in [2.05, 4.69) is 10.3 Å². The van der Waals surface area contributed by atoms with Crippen LogP contribution in [0, 0.1) is 11.3 Å². The molecular weight excluding hydrogens is 457 g/mol. The van der Waals surface area contributed by atoms with Gasteiger partial charge in [0.25, 0.3) is 5.91 Å². The maximum atomic E-state index is 12.6. The molecule has 0 bridgehead atoms. The number of hydrogen-bond donors (Lipinski definition) is 1. The van der Waals surface area contributed by atoms with Crippen molar-refractivity contribution in [2.24, 2.45) is 0 Å². The molecule has 0 fully saturated rings. The van der Waals surface area contributed by atoms with Gasteiger partial charge in [0.1, 0.15) is 11.6 Å². The number of nitrogens with one attached hydrogen (secondary N) is 1. The summed E-state index contributed by atoms with van der Waals surface area (Å²) in [4.78, 5) is 17.7. The van der Waals surface area contributed by atoms with Gasteiger partial charge in [0.05, 0.1) is 14.2 Å². The van der Waals surface area contributed by atoms with E-state index in [1.165, 1.54) is 31.6 Å². The van der Waals surface area contributed by atoms with Gasteiger partial charge in [-0.05, 0) is 47.5 Å². The summed E-state index contributed by atoms with van der Waals surface area (Å²) in [7, 11) is 3.05. The number of benzene rings is 2. The van der Waals surface area contributed by atoms with Crippen molar-refractivity contribution < 1.29 is 14.3 Å². The second kappa shape index (κ2) is 10.3. The number of halogens is 2. The molecule has 31 heavy (non-hydrogen) atoms. The monoisotopic (exact) mass is 473 g/mol. The molecule has 0 aliphatic carbocycles. The van der Waals surface area contributed by atoms with Crippen LogP contribution in [-0.4, -0.2) is 25.1 Å². The Morgan fingerprint density at radius 3 is 2.68 bits per heavy atom. The summed E-state index contributed by atoms with van der Waals surface area (Å²) in [6.45, 7) is 0. The molecule has 0 aliphatic rings. The third-order valence-corrected chi connectivity index (χ3v) is 5.75. The lowest BCUT2D eigenvalue weighted by Crippen LogP contribution is -2.13. The lowest BCUT2D eigenvalue weighted by atomic mass is 10.1. The van der Waals surface area contributed by atoms with E-state index >= 15 is 0 Å². The predicted molar refractivity (Wildman–Crippen MR) is 123 cm³/mol. The molecule has 3 aromatic rings. The van der Waals surface area contributed by atoms with Gasteiger partial charge in [-0.1, -0.05) is 29.3 Å². The topological polar surface area (TPSA) is 84.2 Å². The van der Waals surface area contributed by atoms with E-state index in [9.17, 15) is 10.1 Å². The maximum absolute atomic E-state index is 12.6. The molecule has 158 valence electrons. The van der Waals surface area contributed by atoms with E-state index in [-0.39, 0.29) is 5.57 Å². The summed E-state index contributed by atoms with van der Waals surface area (Å²) in [5.74, 6) is 0.495. The summed E-state index contributed by atoms with van der Waals surface area (Å²) in [5.41, 5.74) is 1.42. The van der Waals surface area contributed by atoms with Gasteiger partial charge in [0, 0.05) is 27.5 Å². The minimum Gasteiger partial charge on any atom is -0.493 e. The zero-order chi connectivity index (χ0) is 22.4. The highest BCUT2D eigenvalue weighted by molar-refractivity contribution is 7.15. The Morgan fingerprint density at radius 2 is 1.97 bits per heavy atom. The number of amides is 1. The molecule has 1 N–H and O–H groups in total. The first kappa shape index (κ1) is 22.6. The van der Waals surface area contributed by atoms with Gasteiger partial charge in [0.15, 0.2) is 16.6 Å². The average Bonchev–Trinajstić information content (AvgIpc) is 3.20. The molecular formula is C22H17Cl2N3O3S. The number of ether oxygens (including phenoxy) is 2. The van der Waals surface area contributed by atoms with Crippen LogP contribution in [0.1, 0.15) is 16.0 Å². The fourth-order valence-corrected chi connectivity index (χ4v) is 3.95. The van der Waals surface area contributed by atoms with Gasteiger partial charge < -0.3 is 9.47 Å². The van der Waals surface area contributed by atoms with E-state index in [0.29, 0.717) is 38.7 Å². The molecule has 0 spiro atoms. The van der Waals surface area contributed by atoms with Crippen LogP contribution in [0.5, 0.6) is 11.5 Å². The van der Waals surface area contributed by atoms with Crippen LogP contribution in [-0.2, 0) is 11.2 Å². The van der Waals surface area contributed by atoms with Gasteiger partial charge in [-0.3, -0.25) is 10.1 Å². The van der Waals surface area contributed by atoms with Gasteiger partial charge in [-0.2, -0.15) is 5.26 Å². The molecule has 6 nitrogen and oxygen atoms in total. The van der Waals surface area contributed by atoms with Crippen molar-refractivity contribution in [1.82, 2.24) is 4.98 Å². The Kier molecular flexibility index (Phi) is 7.53. The highest BCUT2D eigenvalue weighted by Gasteiger charge is 2.14. The number of hydrogen-bond acceptors (Lipinski definition) is 6. The van der Waals surface area contributed by atoms with Crippen molar-refractivity contribution >= 4 is 51.7 Å². The molecule has 0 radical (unpaired) electrons. The molecule has 0 saturated carbocycles. The predicted octanol–water partition coefficient (Wildman–Crippen LogP) is 5.60. The van der Waals surface area contributed by atoms with Crippen molar-refractivity contribution in [3.8, 4) is 17.6 Å². The minimum atomic E-state index is -0.557. The number of carbonyl (C=O) groups is 1. The normalized spacial score (nSPS) is 11.0. The van der Waals surface area contributed by atoms with Crippen molar-refractivity contribution in [2.45, 2.75) is 6.42 Å². The molecule has 2 aromatic carbocycles. The maximum Gasteiger partial charge on any atom is 0.268 e. The zero-order valence-electron chi connectivity index (χ0n) is 16.6. The molecule has 1 aromatic heterocycles. The van der Waals surface area contributed by atoms with Crippen molar-refractivity contribution in [1.29, 1.82) is 5.26 Å². The van der Waals surface area contributed by atoms with Crippen LogP contribution in [0.25, 0.3) is 6.08 Å². The van der Waals surface area contributed by atoms with Crippen LogP contribution in [0.2, 0.25) is 10.0 Å². The van der Waals surface area contributed by atoms with Crippen LogP contribution >= 0.6 is 34.5 Å². The largest absolute Gasteiger partial charge is 0.493 e. The van der Waals surface area contributed by atoms with Crippen LogP contribution < -0.4 is 14.8 Å². The number of anilines is 1. The second-order valence-electron chi connectivity index (χ2n) is 6.28. The number of nitriles is 1. The summed E-state index contributed by atoms with van der Waals surface area (Å²) < 4.78 is 10.4. The number of methoxy groups -OCH3 is 2. The summed E-state index contributed by atoms with van der Waals surface area (Å²) in [6.07, 6.45) is 3.65. The van der Waals surface area contributed by atoms with Crippen LogP contribution in [0.15, 0.2) is 48.2 Å². The Hall–Kier alpha value is -3.05. The number of thiazole rings is 1. The molecule has 0 saturated heterocycles. The quantitative estimate of drug-likeness (QED) is 0.356. The van der Waals surface area contributed by atoms with Crippen LogP contribution in [0.3, 0.4) is 0 Å². The first-order valence-corrected chi connectivity index (χ1v) is 10.5. The molecule has 0 unspecified atom stereocenters. The van der Waals surface area contributed by atoms with E-state index in [0.717, 1.165) is 10.4 Å². The zero-order valence-corrected chi connectivity index (χ0v) is 18.9. The van der Waals surface area contributed by atoms with E-state index in [1.54, 1.807) is 42.6 Å². The SMILES string of the molecule is COc1ccc(/C=C(\C#N)C(=O)Nc2ncc(Cc3cc(Cl)ccc3Cl)s2)cc1OC. The summed E-state index contributed by atoms with van der Waals surface area (Å²) >= 11 is 13.5. The number of carbonyl (C=O) groups excluding carboxylic acids is 1. The standard InChI is InChI=1S/C22H17Cl2N3O3S/c1-29-19-6-3-13(8-20(19)30-2)7-15(11-25)21(28)27-22-26-12-17(31-22)10-14-9-16(23)4-5-18(14)24/h3-9,12H,10H2,1-2H3,(H,26,27,28)/b15-7+. The first-order chi connectivity index (χ1) is 14.9. The summed E-state index contributed by atoms with van der Waals surface area (Å²) in [6, 6.07) is 12.3. The molecule has 0 aliphatic heterocycles. The third-order valence-electron chi connectivity index (χ3n) is 4.23. The van der Waals surface area contributed by atoms with Gasteiger partial charge in [-0.25, -0.2) is 4.98 Å². The third kappa shape index (κ3) is 5.76. The Labute approximate surface area is 193 Å². The highest BCUT2D eigenvalue weighted by atomic mass is 35.5. The fraction of sp³-hybridized carbons (Fsp3) is 0.136. The lowest BCUT2D eigenvalue weighted by molar-refractivity contribution is -0.112. The first-order valence-electron chi connectivity index (χ1n) is 8.97. The van der Waals surface area contributed by atoms with Crippen molar-refractivity contribution in [3.05, 3.63) is 74.2 Å². The lowest BCUT2D eigenvalue weighted by Gasteiger charge is -2.08. The Morgan fingerprint density at radius 1 is 1.19 bits per heavy atom. The van der Waals surface area contributed by atoms with E-state index < -0.39 is 5.91 Å².